The highest BCUT2D eigenvalue weighted by atomic mass is 16.5. The lowest BCUT2D eigenvalue weighted by Crippen LogP contribution is -2.45. The van der Waals surface area contributed by atoms with Crippen LogP contribution in [-0.2, 0) is 28.8 Å². The van der Waals surface area contributed by atoms with Crippen LogP contribution >= 0.6 is 0 Å². The Kier molecular flexibility index (Phi) is 8.36. The molecule has 0 spiro atoms. The van der Waals surface area contributed by atoms with Gasteiger partial charge in [0.05, 0.1) is 0 Å². The summed E-state index contributed by atoms with van der Waals surface area (Å²) in [6.45, 7) is 4.28. The Morgan fingerprint density at radius 1 is 0.349 bits per heavy atom. The van der Waals surface area contributed by atoms with E-state index in [2.05, 4.69) is 184 Å². The van der Waals surface area contributed by atoms with Gasteiger partial charge in [-0.05, 0) is 47.2 Å². The number of hydrogen-bond donors (Lipinski definition) is 0. The summed E-state index contributed by atoms with van der Waals surface area (Å²) in [6.07, 6.45) is 1.35. The summed E-state index contributed by atoms with van der Waals surface area (Å²) >= 11 is 0. The second-order valence-electron chi connectivity index (χ2n) is 11.5. The molecule has 6 aromatic rings. The first-order valence-electron chi connectivity index (χ1n) is 15.1. The van der Waals surface area contributed by atoms with E-state index in [1.165, 1.54) is 22.3 Å². The highest BCUT2D eigenvalue weighted by molar-refractivity contribution is 5.44. The molecule has 1 nitrogen and oxygen atoms in total. The topological polar surface area (TPSA) is 9.23 Å². The van der Waals surface area contributed by atoms with E-state index in [4.69, 9.17) is 4.74 Å². The Hall–Kier alpha value is -4.72. The molecule has 6 rings (SSSR count). The van der Waals surface area contributed by atoms with E-state index >= 15 is 0 Å². The van der Waals surface area contributed by atoms with E-state index in [1.807, 2.05) is 0 Å². The molecule has 0 aliphatic carbocycles. The minimum atomic E-state index is -0.797. The van der Waals surface area contributed by atoms with Gasteiger partial charge in [-0.25, -0.2) is 0 Å². The average molecular weight is 559 g/mol. The third-order valence-corrected chi connectivity index (χ3v) is 8.46. The van der Waals surface area contributed by atoms with Crippen molar-refractivity contribution in [2.45, 2.75) is 37.9 Å². The van der Waals surface area contributed by atoms with Crippen molar-refractivity contribution >= 4 is 0 Å². The van der Waals surface area contributed by atoms with Gasteiger partial charge in [0.1, 0.15) is 11.2 Å². The average Bonchev–Trinajstić information content (AvgIpc) is 3.07. The van der Waals surface area contributed by atoms with E-state index in [-0.39, 0.29) is 0 Å². The van der Waals surface area contributed by atoms with Crippen molar-refractivity contribution in [3.8, 4) is 0 Å². The molecule has 0 fully saturated rings. The van der Waals surface area contributed by atoms with E-state index in [9.17, 15) is 0 Å². The minimum absolute atomic E-state index is 0.677. The fraction of sp³-hybridized carbons (Fsp3) is 0.143. The summed E-state index contributed by atoms with van der Waals surface area (Å²) < 4.78 is 8.04. The molecule has 0 aromatic heterocycles. The van der Waals surface area contributed by atoms with Crippen LogP contribution < -0.4 is 0 Å². The molecule has 43 heavy (non-hydrogen) atoms. The van der Waals surface area contributed by atoms with Gasteiger partial charge in [0.15, 0.2) is 0 Å². The molecule has 0 bridgehead atoms. The predicted molar refractivity (Wildman–Crippen MR) is 178 cm³/mol. The molecule has 0 radical (unpaired) electrons. The Balaban J connectivity index is 1.66. The summed E-state index contributed by atoms with van der Waals surface area (Å²) in [7, 11) is 0. The molecule has 0 saturated heterocycles. The van der Waals surface area contributed by atoms with Crippen LogP contribution in [0.3, 0.4) is 0 Å². The van der Waals surface area contributed by atoms with Crippen molar-refractivity contribution in [2.24, 2.45) is 0 Å². The van der Waals surface area contributed by atoms with Crippen molar-refractivity contribution in [1.82, 2.24) is 0 Å². The largest absolute Gasteiger partial charge is 0.349 e. The van der Waals surface area contributed by atoms with Crippen LogP contribution in [0.15, 0.2) is 170 Å². The maximum atomic E-state index is 8.04. The second kappa shape index (κ2) is 12.7. The molecule has 0 unspecified atom stereocenters. The number of ether oxygens (including phenoxy) is 1. The van der Waals surface area contributed by atoms with Crippen LogP contribution in [0.25, 0.3) is 0 Å². The fourth-order valence-electron chi connectivity index (χ4n) is 6.16. The van der Waals surface area contributed by atoms with E-state index in [0.29, 0.717) is 12.8 Å². The number of rotatable bonds is 10. The molecule has 0 N–H and O–H groups in total. The molecule has 0 aliphatic heterocycles. The zero-order chi connectivity index (χ0) is 29.5. The molecule has 0 saturated carbocycles. The highest BCUT2D eigenvalue weighted by Gasteiger charge is 2.46. The fourth-order valence-corrected chi connectivity index (χ4v) is 6.16. The zero-order valence-electron chi connectivity index (χ0n) is 25.0. The van der Waals surface area contributed by atoms with Crippen LogP contribution in [0.1, 0.15) is 44.5 Å². The first-order chi connectivity index (χ1) is 21.1. The SMILES string of the molecule is Cc1ccc(CC(OC(Cc2ccc(C)cc2)(c2ccccc2)c2ccccc2)(c2ccccc2)c2ccccc2)cc1. The van der Waals surface area contributed by atoms with Gasteiger partial charge in [-0.2, -0.15) is 0 Å². The summed E-state index contributed by atoms with van der Waals surface area (Å²) in [6, 6.07) is 60.8. The zero-order valence-corrected chi connectivity index (χ0v) is 25.0. The smallest absolute Gasteiger partial charge is 0.124 e. The second-order valence-corrected chi connectivity index (χ2v) is 11.5. The van der Waals surface area contributed by atoms with Crippen molar-refractivity contribution < 1.29 is 4.74 Å². The van der Waals surface area contributed by atoms with Crippen molar-refractivity contribution in [1.29, 1.82) is 0 Å². The molecule has 0 atom stereocenters. The van der Waals surface area contributed by atoms with Gasteiger partial charge in [-0.15, -0.1) is 0 Å². The third kappa shape index (κ3) is 6.09. The van der Waals surface area contributed by atoms with Gasteiger partial charge < -0.3 is 4.74 Å². The summed E-state index contributed by atoms with van der Waals surface area (Å²) in [4.78, 5) is 0. The van der Waals surface area contributed by atoms with Gasteiger partial charge >= 0.3 is 0 Å². The van der Waals surface area contributed by atoms with Crippen LogP contribution in [0.4, 0.5) is 0 Å². The van der Waals surface area contributed by atoms with Gasteiger partial charge in [0, 0.05) is 12.8 Å². The van der Waals surface area contributed by atoms with Gasteiger partial charge in [-0.1, -0.05) is 181 Å². The Bertz CT molecular complexity index is 1500. The molecular formula is C42H38O. The van der Waals surface area contributed by atoms with Gasteiger partial charge in [-0.3, -0.25) is 0 Å². The lowest BCUT2D eigenvalue weighted by molar-refractivity contribution is -0.126. The van der Waals surface area contributed by atoms with E-state index < -0.39 is 11.2 Å². The van der Waals surface area contributed by atoms with Gasteiger partial charge in [0.2, 0.25) is 0 Å². The minimum Gasteiger partial charge on any atom is -0.349 e. The van der Waals surface area contributed by atoms with Crippen molar-refractivity contribution in [2.75, 3.05) is 0 Å². The highest BCUT2D eigenvalue weighted by Crippen LogP contribution is 2.48. The maximum Gasteiger partial charge on any atom is 0.124 e. The van der Waals surface area contributed by atoms with E-state index in [1.54, 1.807) is 0 Å². The van der Waals surface area contributed by atoms with Crippen molar-refractivity contribution in [3.63, 3.8) is 0 Å². The first-order valence-corrected chi connectivity index (χ1v) is 15.1. The monoisotopic (exact) mass is 558 g/mol. The molecule has 6 aromatic carbocycles. The maximum absolute atomic E-state index is 8.04. The first kappa shape index (κ1) is 28.4. The molecule has 0 aliphatic rings. The molecule has 0 amide bonds. The standard InChI is InChI=1S/C42H38O/c1-33-23-27-35(28-24-33)31-41(37-15-7-3-8-16-37,38-17-9-4-10-18-38)43-42(39-19-11-5-12-20-39,40-21-13-6-14-22-40)32-36-29-25-34(2)26-30-36/h3-30H,31-32H2,1-2H3. The third-order valence-electron chi connectivity index (χ3n) is 8.46. The lowest BCUT2D eigenvalue weighted by atomic mass is 9.76. The number of hydrogen-bond acceptors (Lipinski definition) is 1. The molecule has 0 heterocycles. The Morgan fingerprint density at radius 2 is 0.605 bits per heavy atom. The Labute approximate surface area is 256 Å². The van der Waals surface area contributed by atoms with Crippen LogP contribution in [0, 0.1) is 13.8 Å². The predicted octanol–water partition coefficient (Wildman–Crippen LogP) is 9.99. The van der Waals surface area contributed by atoms with Crippen LogP contribution in [-0.4, -0.2) is 0 Å². The summed E-state index contributed by atoms with van der Waals surface area (Å²) in [5, 5.41) is 0. The summed E-state index contributed by atoms with van der Waals surface area (Å²) in [5.41, 5.74) is 7.86. The van der Waals surface area contributed by atoms with E-state index in [0.717, 1.165) is 22.3 Å². The number of aryl methyl sites for hydroxylation is 2. The van der Waals surface area contributed by atoms with Crippen LogP contribution in [0.5, 0.6) is 0 Å². The van der Waals surface area contributed by atoms with Crippen molar-refractivity contribution in [3.05, 3.63) is 214 Å². The Morgan fingerprint density at radius 3 is 0.860 bits per heavy atom. The molecule has 1 heteroatoms. The number of benzene rings is 6. The normalized spacial score (nSPS) is 11.8. The molecular weight excluding hydrogens is 520 g/mol. The quantitative estimate of drug-likeness (QED) is 0.163. The summed E-state index contributed by atoms with van der Waals surface area (Å²) in [5.74, 6) is 0. The lowest BCUT2D eigenvalue weighted by Gasteiger charge is -2.46. The molecule has 212 valence electrons. The van der Waals surface area contributed by atoms with Gasteiger partial charge in [0.25, 0.3) is 0 Å². The van der Waals surface area contributed by atoms with Crippen LogP contribution in [0.2, 0.25) is 0 Å².